The van der Waals surface area contributed by atoms with Crippen LogP contribution < -0.4 is 0 Å². The molecule has 0 radical (unpaired) electrons. The second-order valence-corrected chi connectivity index (χ2v) is 5.21. The first-order chi connectivity index (χ1) is 8.96. The number of cyclic esters (lactones) is 1. The first-order valence-electron chi connectivity index (χ1n) is 6.02. The van der Waals surface area contributed by atoms with Crippen molar-refractivity contribution >= 4 is 5.97 Å². The maximum Gasteiger partial charge on any atom is 0.357 e. The summed E-state index contributed by atoms with van der Waals surface area (Å²) in [6.45, 7) is 3.70. The number of hydrogen-bond acceptors (Lipinski definition) is 3. The maximum absolute atomic E-state index is 12.9. The van der Waals surface area contributed by atoms with Crippen molar-refractivity contribution in [3.63, 3.8) is 0 Å². The van der Waals surface area contributed by atoms with E-state index in [9.17, 15) is 9.18 Å². The molecule has 98 valence electrons. The van der Waals surface area contributed by atoms with Gasteiger partial charge in [-0.2, -0.15) is 0 Å². The van der Waals surface area contributed by atoms with Crippen LogP contribution >= 0.6 is 0 Å². The molecule has 4 nitrogen and oxygen atoms in total. The van der Waals surface area contributed by atoms with Crippen LogP contribution in [-0.4, -0.2) is 21.1 Å². The fourth-order valence-corrected chi connectivity index (χ4v) is 2.27. The van der Waals surface area contributed by atoms with Crippen molar-refractivity contribution in [3.8, 4) is 5.69 Å². The molecule has 2 heterocycles. The topological polar surface area (TPSA) is 44.1 Å². The first-order valence-corrected chi connectivity index (χ1v) is 6.02. The van der Waals surface area contributed by atoms with Crippen molar-refractivity contribution in [1.29, 1.82) is 0 Å². The SMILES string of the molecule is CC1(C)Cc2ncn(-c3ccc(F)cc3)c2C(=O)O1. The summed E-state index contributed by atoms with van der Waals surface area (Å²) >= 11 is 0. The van der Waals surface area contributed by atoms with Crippen molar-refractivity contribution in [3.05, 3.63) is 47.8 Å². The Kier molecular flexibility index (Phi) is 2.45. The average Bonchev–Trinajstić information content (AvgIpc) is 2.72. The van der Waals surface area contributed by atoms with E-state index >= 15 is 0 Å². The largest absolute Gasteiger partial charge is 0.455 e. The molecule has 0 saturated carbocycles. The third kappa shape index (κ3) is 2.01. The molecule has 0 spiro atoms. The van der Waals surface area contributed by atoms with Gasteiger partial charge in [-0.15, -0.1) is 0 Å². The highest BCUT2D eigenvalue weighted by atomic mass is 19.1. The molecule has 0 fully saturated rings. The van der Waals surface area contributed by atoms with Crippen molar-refractivity contribution in [2.45, 2.75) is 25.9 Å². The third-order valence-electron chi connectivity index (χ3n) is 3.10. The van der Waals surface area contributed by atoms with Gasteiger partial charge in [0, 0.05) is 12.1 Å². The molecule has 1 aliphatic rings. The predicted octanol–water partition coefficient (Wildman–Crippen LogP) is 2.50. The maximum atomic E-state index is 12.9. The molecule has 19 heavy (non-hydrogen) atoms. The summed E-state index contributed by atoms with van der Waals surface area (Å²) in [7, 11) is 0. The second-order valence-electron chi connectivity index (χ2n) is 5.21. The average molecular weight is 260 g/mol. The van der Waals surface area contributed by atoms with E-state index in [-0.39, 0.29) is 5.82 Å². The number of imidazole rings is 1. The summed E-state index contributed by atoms with van der Waals surface area (Å²) in [6.07, 6.45) is 2.14. The van der Waals surface area contributed by atoms with Crippen molar-refractivity contribution < 1.29 is 13.9 Å². The summed E-state index contributed by atoms with van der Waals surface area (Å²) in [6, 6.07) is 5.90. The molecule has 0 unspecified atom stereocenters. The Morgan fingerprint density at radius 3 is 2.68 bits per heavy atom. The minimum Gasteiger partial charge on any atom is -0.455 e. The van der Waals surface area contributed by atoms with Crippen LogP contribution in [0.1, 0.15) is 30.0 Å². The number of benzene rings is 1. The molecule has 1 aliphatic heterocycles. The minimum atomic E-state index is -0.536. The van der Waals surface area contributed by atoms with Gasteiger partial charge >= 0.3 is 5.97 Å². The van der Waals surface area contributed by atoms with Gasteiger partial charge in [0.1, 0.15) is 17.7 Å². The van der Waals surface area contributed by atoms with E-state index in [0.717, 1.165) is 0 Å². The van der Waals surface area contributed by atoms with Crippen molar-refractivity contribution in [2.24, 2.45) is 0 Å². The normalized spacial score (nSPS) is 16.9. The van der Waals surface area contributed by atoms with Crippen LogP contribution in [0.4, 0.5) is 4.39 Å². The van der Waals surface area contributed by atoms with Crippen LogP contribution in [0.25, 0.3) is 5.69 Å². The number of halogens is 1. The smallest absolute Gasteiger partial charge is 0.357 e. The minimum absolute atomic E-state index is 0.318. The molecule has 5 heteroatoms. The molecule has 1 aromatic heterocycles. The van der Waals surface area contributed by atoms with Gasteiger partial charge in [0.05, 0.1) is 5.69 Å². The fourth-order valence-electron chi connectivity index (χ4n) is 2.27. The lowest BCUT2D eigenvalue weighted by atomic mass is 9.98. The molecule has 0 bridgehead atoms. The van der Waals surface area contributed by atoms with E-state index in [0.29, 0.717) is 23.5 Å². The van der Waals surface area contributed by atoms with Gasteiger partial charge in [0.25, 0.3) is 0 Å². The van der Waals surface area contributed by atoms with E-state index in [2.05, 4.69) is 4.98 Å². The molecular weight excluding hydrogens is 247 g/mol. The summed E-state index contributed by atoms with van der Waals surface area (Å²) in [5.74, 6) is -0.713. The van der Waals surface area contributed by atoms with Gasteiger partial charge in [-0.1, -0.05) is 0 Å². The Morgan fingerprint density at radius 1 is 1.32 bits per heavy atom. The van der Waals surface area contributed by atoms with Gasteiger partial charge in [0.2, 0.25) is 0 Å². The van der Waals surface area contributed by atoms with Gasteiger partial charge < -0.3 is 4.74 Å². The van der Waals surface area contributed by atoms with E-state index in [1.54, 1.807) is 23.0 Å². The van der Waals surface area contributed by atoms with Gasteiger partial charge in [-0.25, -0.2) is 14.2 Å². The second kappa shape index (κ2) is 3.91. The predicted molar refractivity (Wildman–Crippen MR) is 66.7 cm³/mol. The molecule has 1 aromatic carbocycles. The van der Waals surface area contributed by atoms with E-state index < -0.39 is 11.6 Å². The monoisotopic (exact) mass is 260 g/mol. The van der Waals surface area contributed by atoms with Crippen LogP contribution in [0.2, 0.25) is 0 Å². The quantitative estimate of drug-likeness (QED) is 0.740. The highest BCUT2D eigenvalue weighted by Crippen LogP contribution is 2.28. The van der Waals surface area contributed by atoms with Crippen LogP contribution in [0.5, 0.6) is 0 Å². The number of esters is 1. The van der Waals surface area contributed by atoms with Crippen LogP contribution in [0.15, 0.2) is 30.6 Å². The standard InChI is InChI=1S/C14H13FN2O2/c1-14(2)7-11-12(13(18)19-14)17(8-16-11)10-5-3-9(15)4-6-10/h3-6,8H,7H2,1-2H3. The number of carbonyl (C=O) groups is 1. The summed E-state index contributed by atoms with van der Waals surface area (Å²) in [5.41, 5.74) is 1.29. The summed E-state index contributed by atoms with van der Waals surface area (Å²) < 4.78 is 19.9. The van der Waals surface area contributed by atoms with Gasteiger partial charge in [0.15, 0.2) is 5.69 Å². The van der Waals surface area contributed by atoms with Crippen molar-refractivity contribution in [2.75, 3.05) is 0 Å². The van der Waals surface area contributed by atoms with Crippen molar-refractivity contribution in [1.82, 2.24) is 9.55 Å². The number of hydrogen-bond donors (Lipinski definition) is 0. The third-order valence-corrected chi connectivity index (χ3v) is 3.10. The Labute approximate surface area is 109 Å². The molecule has 2 aromatic rings. The fraction of sp³-hybridized carbons (Fsp3) is 0.286. The van der Waals surface area contributed by atoms with Gasteiger partial charge in [-0.3, -0.25) is 4.57 Å². The highest BCUT2D eigenvalue weighted by molar-refractivity contribution is 5.91. The van der Waals surface area contributed by atoms with Crippen LogP contribution in [0.3, 0.4) is 0 Å². The molecule has 0 amide bonds. The Bertz CT molecular complexity index is 644. The van der Waals surface area contributed by atoms with E-state index in [1.807, 2.05) is 13.8 Å². The Hall–Kier alpha value is -2.17. The number of ether oxygens (including phenoxy) is 1. The molecule has 0 saturated heterocycles. The zero-order chi connectivity index (χ0) is 13.6. The molecular formula is C14H13FN2O2. The number of nitrogens with zero attached hydrogens (tertiary/aromatic N) is 2. The number of rotatable bonds is 1. The Balaban J connectivity index is 2.09. The van der Waals surface area contributed by atoms with E-state index in [4.69, 9.17) is 4.74 Å². The molecule has 3 rings (SSSR count). The van der Waals surface area contributed by atoms with Crippen LogP contribution in [0, 0.1) is 5.82 Å². The number of fused-ring (bicyclic) bond motifs is 1. The lowest BCUT2D eigenvalue weighted by Gasteiger charge is -2.29. The molecule has 0 atom stereocenters. The summed E-state index contributed by atoms with van der Waals surface area (Å²) in [5, 5.41) is 0. The Morgan fingerprint density at radius 2 is 2.00 bits per heavy atom. The number of carbonyl (C=O) groups excluding carboxylic acids is 1. The summed E-state index contributed by atoms with van der Waals surface area (Å²) in [4.78, 5) is 16.3. The van der Waals surface area contributed by atoms with E-state index in [1.165, 1.54) is 12.1 Å². The lowest BCUT2D eigenvalue weighted by molar-refractivity contribution is -0.00795. The zero-order valence-corrected chi connectivity index (χ0v) is 10.7. The molecule has 0 aliphatic carbocycles. The van der Waals surface area contributed by atoms with Gasteiger partial charge in [-0.05, 0) is 38.1 Å². The highest BCUT2D eigenvalue weighted by Gasteiger charge is 2.36. The molecule has 0 N–H and O–H groups in total. The first kappa shape index (κ1) is 11.9. The lowest BCUT2D eigenvalue weighted by Crippen LogP contribution is -2.36. The number of aromatic nitrogens is 2. The zero-order valence-electron chi connectivity index (χ0n) is 10.7. The van der Waals surface area contributed by atoms with Crippen LogP contribution in [-0.2, 0) is 11.2 Å².